The average molecular weight is 280 g/mol. The van der Waals surface area contributed by atoms with Crippen molar-refractivity contribution in [2.45, 2.75) is 19.4 Å². The Morgan fingerprint density at radius 3 is 3.00 bits per heavy atom. The predicted molar refractivity (Wildman–Crippen MR) is 72.0 cm³/mol. The van der Waals surface area contributed by atoms with E-state index < -0.39 is 6.10 Å². The minimum Gasteiger partial charge on any atom is -0.387 e. The van der Waals surface area contributed by atoms with Gasteiger partial charge in [0.15, 0.2) is 0 Å². The van der Waals surface area contributed by atoms with Crippen LogP contribution in [0.1, 0.15) is 33.6 Å². The Morgan fingerprint density at radius 2 is 2.42 bits per heavy atom. The second-order valence-electron chi connectivity index (χ2n) is 4.29. The van der Waals surface area contributed by atoms with Crippen molar-refractivity contribution in [2.24, 2.45) is 7.05 Å². The molecular weight excluding hydrogens is 264 g/mol. The van der Waals surface area contributed by atoms with Crippen molar-refractivity contribution in [1.29, 1.82) is 0 Å². The van der Waals surface area contributed by atoms with Gasteiger partial charge >= 0.3 is 0 Å². The standard InChI is InChI=1S/C12H16N4O2S/c1-8-11(19-15-14-8)12(18)13-6-5-10(17)9-4-3-7-16(9)2/h3-4,7,10,17H,5-6H2,1-2H3,(H,13,18)/t10-/m1/s1. The van der Waals surface area contributed by atoms with Crippen molar-refractivity contribution in [1.82, 2.24) is 19.5 Å². The van der Waals surface area contributed by atoms with Gasteiger partial charge in [0.1, 0.15) is 4.88 Å². The first-order valence-corrected chi connectivity index (χ1v) is 6.73. The molecule has 0 saturated carbocycles. The Balaban J connectivity index is 1.83. The molecule has 0 fully saturated rings. The molecule has 102 valence electrons. The van der Waals surface area contributed by atoms with Crippen LogP contribution in [0, 0.1) is 6.92 Å². The smallest absolute Gasteiger partial charge is 0.264 e. The van der Waals surface area contributed by atoms with Crippen molar-refractivity contribution in [2.75, 3.05) is 6.54 Å². The minimum absolute atomic E-state index is 0.188. The highest BCUT2D eigenvalue weighted by Gasteiger charge is 2.14. The molecule has 2 rings (SSSR count). The molecular formula is C12H16N4O2S. The summed E-state index contributed by atoms with van der Waals surface area (Å²) in [5.74, 6) is -0.188. The van der Waals surface area contributed by atoms with Gasteiger partial charge in [-0.3, -0.25) is 4.79 Å². The number of rotatable bonds is 5. The maximum atomic E-state index is 11.8. The van der Waals surface area contributed by atoms with Crippen molar-refractivity contribution < 1.29 is 9.90 Å². The Bertz CT molecular complexity index is 564. The van der Waals surface area contributed by atoms with Crippen molar-refractivity contribution in [3.05, 3.63) is 34.6 Å². The first-order valence-electron chi connectivity index (χ1n) is 5.96. The molecule has 0 bridgehead atoms. The number of nitrogens with zero attached hydrogens (tertiary/aromatic N) is 3. The molecule has 0 radical (unpaired) electrons. The van der Waals surface area contributed by atoms with E-state index in [9.17, 15) is 9.90 Å². The largest absolute Gasteiger partial charge is 0.387 e. The number of aryl methyl sites for hydroxylation is 2. The molecule has 0 aliphatic heterocycles. The van der Waals surface area contributed by atoms with Gasteiger partial charge in [0.05, 0.1) is 11.8 Å². The van der Waals surface area contributed by atoms with Crippen LogP contribution in [0.4, 0.5) is 0 Å². The second-order valence-corrected chi connectivity index (χ2v) is 5.05. The second kappa shape index (κ2) is 5.94. The molecule has 0 aliphatic carbocycles. The molecule has 1 atom stereocenters. The SMILES string of the molecule is Cc1nnsc1C(=O)NCC[C@@H](O)c1cccn1C. The zero-order chi connectivity index (χ0) is 13.8. The van der Waals surface area contributed by atoms with E-state index >= 15 is 0 Å². The zero-order valence-corrected chi connectivity index (χ0v) is 11.6. The van der Waals surface area contributed by atoms with Crippen LogP contribution < -0.4 is 5.32 Å². The number of aromatic nitrogens is 3. The van der Waals surface area contributed by atoms with E-state index in [4.69, 9.17) is 0 Å². The Kier molecular flexibility index (Phi) is 4.28. The van der Waals surface area contributed by atoms with E-state index in [-0.39, 0.29) is 5.91 Å². The summed E-state index contributed by atoms with van der Waals surface area (Å²) in [4.78, 5) is 12.3. The van der Waals surface area contributed by atoms with Crippen LogP contribution in [0.5, 0.6) is 0 Å². The van der Waals surface area contributed by atoms with Gasteiger partial charge in [0, 0.05) is 25.5 Å². The van der Waals surface area contributed by atoms with Crippen molar-refractivity contribution in [3.8, 4) is 0 Å². The van der Waals surface area contributed by atoms with E-state index in [0.717, 1.165) is 17.2 Å². The summed E-state index contributed by atoms with van der Waals surface area (Å²) in [5, 5.41) is 16.5. The van der Waals surface area contributed by atoms with Gasteiger partial charge < -0.3 is 15.0 Å². The molecule has 0 saturated heterocycles. The average Bonchev–Trinajstić information content (AvgIpc) is 2.97. The molecule has 2 aromatic heterocycles. The number of hydrogen-bond donors (Lipinski definition) is 2. The third kappa shape index (κ3) is 3.18. The van der Waals surface area contributed by atoms with Gasteiger partial charge in [-0.25, -0.2) is 0 Å². The number of aliphatic hydroxyl groups is 1. The fourth-order valence-electron chi connectivity index (χ4n) is 1.81. The van der Waals surface area contributed by atoms with Crippen molar-refractivity contribution in [3.63, 3.8) is 0 Å². The van der Waals surface area contributed by atoms with E-state index in [1.807, 2.05) is 29.9 Å². The fourth-order valence-corrected chi connectivity index (χ4v) is 2.38. The maximum absolute atomic E-state index is 11.8. The highest BCUT2D eigenvalue weighted by molar-refractivity contribution is 7.07. The van der Waals surface area contributed by atoms with Gasteiger partial charge in [-0.2, -0.15) is 0 Å². The molecule has 1 amide bonds. The number of aliphatic hydroxyl groups excluding tert-OH is 1. The zero-order valence-electron chi connectivity index (χ0n) is 10.8. The third-order valence-electron chi connectivity index (χ3n) is 2.89. The lowest BCUT2D eigenvalue weighted by Crippen LogP contribution is -2.25. The van der Waals surface area contributed by atoms with E-state index in [2.05, 4.69) is 14.9 Å². The summed E-state index contributed by atoms with van der Waals surface area (Å²) in [6.45, 7) is 2.15. The van der Waals surface area contributed by atoms with Crippen molar-refractivity contribution >= 4 is 17.4 Å². The van der Waals surface area contributed by atoms with Gasteiger partial charge in [-0.1, -0.05) is 4.49 Å². The Labute approximate surface area is 115 Å². The van der Waals surface area contributed by atoms with Crippen LogP contribution >= 0.6 is 11.5 Å². The Hall–Kier alpha value is -1.73. The third-order valence-corrected chi connectivity index (χ3v) is 3.71. The van der Waals surface area contributed by atoms with Gasteiger partial charge in [0.25, 0.3) is 5.91 Å². The molecule has 7 heteroatoms. The lowest BCUT2D eigenvalue weighted by Gasteiger charge is -2.12. The number of carbonyl (C=O) groups excluding carboxylic acids is 1. The topological polar surface area (TPSA) is 80.0 Å². The molecule has 2 aromatic rings. The first kappa shape index (κ1) is 13.7. The summed E-state index contributed by atoms with van der Waals surface area (Å²) in [6.07, 6.45) is 1.76. The molecule has 0 unspecified atom stereocenters. The van der Waals surface area contributed by atoms with Crippen LogP contribution in [0.25, 0.3) is 0 Å². The summed E-state index contributed by atoms with van der Waals surface area (Å²) >= 11 is 1.08. The summed E-state index contributed by atoms with van der Waals surface area (Å²) < 4.78 is 5.58. The van der Waals surface area contributed by atoms with Crippen LogP contribution in [0.3, 0.4) is 0 Å². The van der Waals surface area contributed by atoms with Crippen LogP contribution in [-0.4, -0.2) is 31.7 Å². The number of carbonyl (C=O) groups is 1. The van der Waals surface area contributed by atoms with E-state index in [0.29, 0.717) is 23.5 Å². The van der Waals surface area contributed by atoms with E-state index in [1.165, 1.54) is 0 Å². The maximum Gasteiger partial charge on any atom is 0.264 e. The quantitative estimate of drug-likeness (QED) is 0.857. The van der Waals surface area contributed by atoms with Gasteiger partial charge in [-0.15, -0.1) is 5.10 Å². The highest BCUT2D eigenvalue weighted by atomic mass is 32.1. The minimum atomic E-state index is -0.582. The Morgan fingerprint density at radius 1 is 1.63 bits per heavy atom. The molecule has 2 N–H and O–H groups in total. The summed E-state index contributed by atoms with van der Waals surface area (Å²) in [6, 6.07) is 3.74. The van der Waals surface area contributed by atoms with Crippen LogP contribution in [-0.2, 0) is 7.05 Å². The van der Waals surface area contributed by atoms with Crippen LogP contribution in [0.2, 0.25) is 0 Å². The lowest BCUT2D eigenvalue weighted by atomic mass is 10.2. The first-order chi connectivity index (χ1) is 9.09. The van der Waals surface area contributed by atoms with Gasteiger partial charge in [-0.05, 0) is 37.0 Å². The number of nitrogens with one attached hydrogen (secondary N) is 1. The van der Waals surface area contributed by atoms with Crippen LogP contribution in [0.15, 0.2) is 18.3 Å². The number of amides is 1. The fraction of sp³-hybridized carbons (Fsp3) is 0.417. The highest BCUT2D eigenvalue weighted by Crippen LogP contribution is 2.16. The van der Waals surface area contributed by atoms with E-state index in [1.54, 1.807) is 6.92 Å². The molecule has 0 aromatic carbocycles. The molecule has 0 spiro atoms. The monoisotopic (exact) mass is 280 g/mol. The summed E-state index contributed by atoms with van der Waals surface area (Å²) in [5.41, 5.74) is 1.47. The number of hydrogen-bond acceptors (Lipinski definition) is 5. The molecule has 6 nitrogen and oxygen atoms in total. The molecule has 19 heavy (non-hydrogen) atoms. The molecule has 0 aliphatic rings. The lowest BCUT2D eigenvalue weighted by molar-refractivity contribution is 0.0944. The summed E-state index contributed by atoms with van der Waals surface area (Å²) in [7, 11) is 1.88. The predicted octanol–water partition coefficient (Wildman–Crippen LogP) is 1.04. The normalized spacial score (nSPS) is 12.4. The molecule has 2 heterocycles. The van der Waals surface area contributed by atoms with Gasteiger partial charge in [0.2, 0.25) is 0 Å².